The summed E-state index contributed by atoms with van der Waals surface area (Å²) in [7, 11) is -3.35. The third kappa shape index (κ3) is 7.21. The Kier molecular flexibility index (Phi) is 8.12. The van der Waals surface area contributed by atoms with Crippen LogP contribution < -0.4 is 5.32 Å². The number of carbonyl (C=O) groups is 1. The Morgan fingerprint density at radius 2 is 1.80 bits per heavy atom. The van der Waals surface area contributed by atoms with Crippen molar-refractivity contribution in [3.63, 3.8) is 0 Å². The Bertz CT molecular complexity index is 510. The molecule has 0 atom stereocenters. The van der Waals surface area contributed by atoms with Crippen molar-refractivity contribution in [1.82, 2.24) is 14.5 Å². The second kappa shape index (κ2) is 9.85. The van der Waals surface area contributed by atoms with Crippen LogP contribution in [0.15, 0.2) is 0 Å². The molecule has 1 amide bonds. The number of morpholine rings is 1. The molecule has 2 aliphatic rings. The van der Waals surface area contributed by atoms with Gasteiger partial charge in [-0.1, -0.05) is 13.8 Å². The predicted octanol–water partition coefficient (Wildman–Crippen LogP) is 0.523. The number of hydrogen-bond acceptors (Lipinski definition) is 5. The Morgan fingerprint density at radius 1 is 1.16 bits per heavy atom. The Morgan fingerprint density at radius 3 is 2.40 bits per heavy atom. The molecule has 1 N–H and O–H groups in total. The van der Waals surface area contributed by atoms with Crippen LogP contribution in [-0.2, 0) is 19.6 Å². The minimum atomic E-state index is -3.35. The van der Waals surface area contributed by atoms with E-state index >= 15 is 0 Å². The van der Waals surface area contributed by atoms with Crippen molar-refractivity contribution in [1.29, 1.82) is 0 Å². The van der Waals surface area contributed by atoms with Crippen LogP contribution in [0.3, 0.4) is 0 Å². The third-order valence-electron chi connectivity index (χ3n) is 4.87. The van der Waals surface area contributed by atoms with Gasteiger partial charge in [0.15, 0.2) is 0 Å². The second-order valence-corrected chi connectivity index (χ2v) is 9.61. The normalized spacial score (nSPS) is 21.6. The van der Waals surface area contributed by atoms with Gasteiger partial charge in [-0.2, -0.15) is 4.31 Å². The zero-order valence-electron chi connectivity index (χ0n) is 15.6. The van der Waals surface area contributed by atoms with Crippen LogP contribution in [0.25, 0.3) is 0 Å². The summed E-state index contributed by atoms with van der Waals surface area (Å²) in [5.41, 5.74) is 0. The molecule has 2 saturated heterocycles. The summed E-state index contributed by atoms with van der Waals surface area (Å²) < 4.78 is 31.0. The molecule has 0 aromatic heterocycles. The van der Waals surface area contributed by atoms with Crippen molar-refractivity contribution in [2.45, 2.75) is 33.1 Å². The number of amides is 1. The van der Waals surface area contributed by atoms with Crippen LogP contribution in [0.5, 0.6) is 0 Å². The lowest BCUT2D eigenvalue weighted by molar-refractivity contribution is -0.121. The maximum Gasteiger partial charge on any atom is 0.221 e. The van der Waals surface area contributed by atoms with Crippen molar-refractivity contribution >= 4 is 15.9 Å². The zero-order chi connectivity index (χ0) is 18.3. The molecule has 7 nitrogen and oxygen atoms in total. The van der Waals surface area contributed by atoms with E-state index in [2.05, 4.69) is 24.1 Å². The molecule has 0 aromatic rings. The first kappa shape index (κ1) is 20.6. The second-order valence-electron chi connectivity index (χ2n) is 7.52. The SMILES string of the molecule is CC(C)CN1CCC(CNC(=O)CCS(=O)(=O)N2CCOCC2)CC1. The summed E-state index contributed by atoms with van der Waals surface area (Å²) in [6, 6.07) is 0. The minimum absolute atomic E-state index is 0.0336. The van der Waals surface area contributed by atoms with Gasteiger partial charge in [-0.15, -0.1) is 0 Å². The van der Waals surface area contributed by atoms with E-state index in [1.165, 1.54) is 4.31 Å². The molecule has 0 saturated carbocycles. The van der Waals surface area contributed by atoms with Gasteiger partial charge in [-0.3, -0.25) is 4.79 Å². The van der Waals surface area contributed by atoms with Crippen LogP contribution in [0, 0.1) is 11.8 Å². The van der Waals surface area contributed by atoms with E-state index in [0.29, 0.717) is 44.7 Å². The lowest BCUT2D eigenvalue weighted by atomic mass is 9.96. The quantitative estimate of drug-likeness (QED) is 0.669. The molecule has 0 radical (unpaired) electrons. The fraction of sp³-hybridized carbons (Fsp3) is 0.941. The van der Waals surface area contributed by atoms with E-state index < -0.39 is 10.0 Å². The maximum absolute atomic E-state index is 12.2. The molecular formula is C17H33N3O4S. The van der Waals surface area contributed by atoms with Gasteiger partial charge in [0, 0.05) is 32.6 Å². The molecule has 2 heterocycles. The van der Waals surface area contributed by atoms with Crippen molar-refractivity contribution in [3.8, 4) is 0 Å². The Balaban J connectivity index is 1.62. The fourth-order valence-corrected chi connectivity index (χ4v) is 4.82. The number of carbonyl (C=O) groups excluding carboxylic acids is 1. The zero-order valence-corrected chi connectivity index (χ0v) is 16.4. The predicted molar refractivity (Wildman–Crippen MR) is 97.8 cm³/mol. The number of rotatable bonds is 8. The van der Waals surface area contributed by atoms with Gasteiger partial charge in [0.25, 0.3) is 0 Å². The first-order valence-electron chi connectivity index (χ1n) is 9.41. The number of nitrogens with zero attached hydrogens (tertiary/aromatic N) is 2. The van der Waals surface area contributed by atoms with Crippen LogP contribution in [0.2, 0.25) is 0 Å². The van der Waals surface area contributed by atoms with Crippen molar-refractivity contribution in [3.05, 3.63) is 0 Å². The van der Waals surface area contributed by atoms with Gasteiger partial charge >= 0.3 is 0 Å². The van der Waals surface area contributed by atoms with Crippen LogP contribution in [-0.4, -0.2) is 81.8 Å². The third-order valence-corrected chi connectivity index (χ3v) is 6.74. The largest absolute Gasteiger partial charge is 0.379 e. The van der Waals surface area contributed by atoms with Gasteiger partial charge in [-0.05, 0) is 37.8 Å². The molecule has 25 heavy (non-hydrogen) atoms. The number of hydrogen-bond donors (Lipinski definition) is 1. The summed E-state index contributed by atoms with van der Waals surface area (Å²) in [5, 5.41) is 2.92. The van der Waals surface area contributed by atoms with Gasteiger partial charge in [0.2, 0.25) is 15.9 Å². The minimum Gasteiger partial charge on any atom is -0.379 e. The number of ether oxygens (including phenoxy) is 1. The average molecular weight is 376 g/mol. The fourth-order valence-electron chi connectivity index (χ4n) is 3.41. The van der Waals surface area contributed by atoms with E-state index in [0.717, 1.165) is 32.5 Å². The molecule has 0 aliphatic carbocycles. The van der Waals surface area contributed by atoms with Crippen molar-refractivity contribution in [2.75, 3.05) is 58.2 Å². The van der Waals surface area contributed by atoms with Crippen LogP contribution in [0.4, 0.5) is 0 Å². The molecule has 0 bridgehead atoms. The standard InChI is InChI=1S/C17H33N3O4S/c1-15(2)14-19-6-3-16(4-7-19)13-18-17(21)5-12-25(22,23)20-8-10-24-11-9-20/h15-16H,3-14H2,1-2H3,(H,18,21). The molecule has 2 aliphatic heterocycles. The lowest BCUT2D eigenvalue weighted by Gasteiger charge is -2.33. The van der Waals surface area contributed by atoms with E-state index in [-0.39, 0.29) is 18.1 Å². The molecule has 146 valence electrons. The molecule has 8 heteroatoms. The van der Waals surface area contributed by atoms with Gasteiger partial charge in [0.1, 0.15) is 0 Å². The van der Waals surface area contributed by atoms with Crippen LogP contribution >= 0.6 is 0 Å². The first-order valence-corrected chi connectivity index (χ1v) is 11.0. The summed E-state index contributed by atoms with van der Waals surface area (Å²) in [4.78, 5) is 14.5. The van der Waals surface area contributed by atoms with Gasteiger partial charge in [0.05, 0.1) is 19.0 Å². The highest BCUT2D eigenvalue weighted by atomic mass is 32.2. The van der Waals surface area contributed by atoms with E-state index in [1.807, 2.05) is 0 Å². The molecule has 2 fully saturated rings. The van der Waals surface area contributed by atoms with Crippen molar-refractivity contribution in [2.24, 2.45) is 11.8 Å². The van der Waals surface area contributed by atoms with Crippen LogP contribution in [0.1, 0.15) is 33.1 Å². The molecule has 0 spiro atoms. The monoisotopic (exact) mass is 375 g/mol. The first-order chi connectivity index (χ1) is 11.9. The highest BCUT2D eigenvalue weighted by Gasteiger charge is 2.25. The Hall–Kier alpha value is -0.700. The number of nitrogens with one attached hydrogen (secondary N) is 1. The van der Waals surface area contributed by atoms with Crippen molar-refractivity contribution < 1.29 is 17.9 Å². The van der Waals surface area contributed by atoms with Gasteiger partial charge < -0.3 is 15.0 Å². The average Bonchev–Trinajstić information content (AvgIpc) is 2.60. The highest BCUT2D eigenvalue weighted by molar-refractivity contribution is 7.89. The molecular weight excluding hydrogens is 342 g/mol. The number of sulfonamides is 1. The van der Waals surface area contributed by atoms with E-state index in [1.54, 1.807) is 0 Å². The molecule has 0 unspecified atom stereocenters. The van der Waals surface area contributed by atoms with E-state index in [9.17, 15) is 13.2 Å². The summed E-state index contributed by atoms with van der Waals surface area (Å²) in [5.74, 6) is 0.903. The molecule has 0 aromatic carbocycles. The van der Waals surface area contributed by atoms with Gasteiger partial charge in [-0.25, -0.2) is 8.42 Å². The summed E-state index contributed by atoms with van der Waals surface area (Å²) in [6.07, 6.45) is 2.23. The lowest BCUT2D eigenvalue weighted by Crippen LogP contribution is -2.43. The summed E-state index contributed by atoms with van der Waals surface area (Å²) in [6.45, 7) is 10.1. The number of likely N-dealkylation sites (tertiary alicyclic amines) is 1. The number of piperidine rings is 1. The summed E-state index contributed by atoms with van der Waals surface area (Å²) >= 11 is 0. The Labute approximate surface area is 152 Å². The highest BCUT2D eigenvalue weighted by Crippen LogP contribution is 2.17. The maximum atomic E-state index is 12.2. The topological polar surface area (TPSA) is 79.0 Å². The van der Waals surface area contributed by atoms with E-state index in [4.69, 9.17) is 4.74 Å². The smallest absolute Gasteiger partial charge is 0.221 e. The molecule has 2 rings (SSSR count).